The molecule has 7 nitrogen and oxygen atoms in total. The van der Waals surface area contributed by atoms with Crippen molar-refractivity contribution in [1.29, 1.82) is 0 Å². The lowest BCUT2D eigenvalue weighted by atomic mass is 9.96. The van der Waals surface area contributed by atoms with Crippen LogP contribution in [0, 0.1) is 5.41 Å². The Morgan fingerprint density at radius 2 is 1.71 bits per heavy atom. The molecular weight excluding hydrogens is 332 g/mol. The van der Waals surface area contributed by atoms with Crippen molar-refractivity contribution >= 4 is 35.8 Å². The van der Waals surface area contributed by atoms with Crippen molar-refractivity contribution in [2.75, 3.05) is 25.0 Å². The van der Waals surface area contributed by atoms with Crippen molar-refractivity contribution in [3.8, 4) is 0 Å². The van der Waals surface area contributed by atoms with Gasteiger partial charge in [-0.3, -0.25) is 14.4 Å². The summed E-state index contributed by atoms with van der Waals surface area (Å²) in [6, 6.07) is 6.65. The van der Waals surface area contributed by atoms with Gasteiger partial charge in [0.15, 0.2) is 0 Å². The van der Waals surface area contributed by atoms with Crippen molar-refractivity contribution in [2.45, 2.75) is 20.8 Å². The molecule has 1 aromatic rings. The van der Waals surface area contributed by atoms with E-state index in [0.717, 1.165) is 0 Å². The second-order valence-corrected chi connectivity index (χ2v) is 6.07. The zero-order chi connectivity index (χ0) is 17.5. The summed E-state index contributed by atoms with van der Waals surface area (Å²) < 4.78 is 0. The molecule has 5 N–H and O–H groups in total. The van der Waals surface area contributed by atoms with Crippen molar-refractivity contribution in [1.82, 2.24) is 10.6 Å². The number of rotatable bonds is 6. The third kappa shape index (κ3) is 6.97. The third-order valence-corrected chi connectivity index (χ3v) is 2.97. The zero-order valence-corrected chi connectivity index (χ0v) is 15.0. The Hall–Kier alpha value is -2.12. The minimum Gasteiger partial charge on any atom is -0.351 e. The van der Waals surface area contributed by atoms with Crippen LogP contribution in [0.4, 0.5) is 5.69 Å². The summed E-state index contributed by atoms with van der Waals surface area (Å²) in [5.41, 5.74) is 5.51. The fourth-order valence-corrected chi connectivity index (χ4v) is 1.69. The molecule has 134 valence electrons. The van der Waals surface area contributed by atoms with Crippen LogP contribution in [0.25, 0.3) is 0 Å². The van der Waals surface area contributed by atoms with Gasteiger partial charge in [0, 0.05) is 18.5 Å². The van der Waals surface area contributed by atoms with Crippen LogP contribution >= 0.6 is 12.4 Å². The van der Waals surface area contributed by atoms with Gasteiger partial charge in [-0.25, -0.2) is 0 Å². The van der Waals surface area contributed by atoms with E-state index < -0.39 is 11.3 Å². The molecule has 0 heterocycles. The Kier molecular flexibility index (Phi) is 9.02. The highest BCUT2D eigenvalue weighted by Crippen LogP contribution is 2.15. The molecule has 0 saturated heterocycles. The molecule has 1 rings (SSSR count). The van der Waals surface area contributed by atoms with Gasteiger partial charge in [0.05, 0.1) is 17.8 Å². The Labute approximate surface area is 148 Å². The third-order valence-electron chi connectivity index (χ3n) is 2.97. The van der Waals surface area contributed by atoms with Gasteiger partial charge in [0.2, 0.25) is 11.8 Å². The average Bonchev–Trinajstić information content (AvgIpc) is 2.49. The molecule has 24 heavy (non-hydrogen) atoms. The van der Waals surface area contributed by atoms with Gasteiger partial charge in [-0.1, -0.05) is 32.9 Å². The number of halogens is 1. The van der Waals surface area contributed by atoms with Crippen LogP contribution in [0.3, 0.4) is 0 Å². The highest BCUT2D eigenvalue weighted by Gasteiger charge is 2.21. The summed E-state index contributed by atoms with van der Waals surface area (Å²) >= 11 is 0. The number of nitrogens with two attached hydrogens (primary N) is 1. The van der Waals surface area contributed by atoms with Crippen LogP contribution in [0.15, 0.2) is 24.3 Å². The fraction of sp³-hybridized carbons (Fsp3) is 0.438. The second kappa shape index (κ2) is 9.89. The molecule has 0 fully saturated rings. The van der Waals surface area contributed by atoms with Crippen molar-refractivity contribution in [3.05, 3.63) is 29.8 Å². The van der Waals surface area contributed by atoms with E-state index in [4.69, 9.17) is 5.73 Å². The summed E-state index contributed by atoms with van der Waals surface area (Å²) in [6.45, 7) is 5.81. The number of hydrogen-bond donors (Lipinski definition) is 4. The maximum Gasteiger partial charge on any atom is 0.253 e. The van der Waals surface area contributed by atoms with E-state index in [9.17, 15) is 14.4 Å². The molecule has 1 aromatic carbocycles. The van der Waals surface area contributed by atoms with Gasteiger partial charge < -0.3 is 21.7 Å². The molecule has 0 aliphatic heterocycles. The first-order chi connectivity index (χ1) is 10.8. The van der Waals surface area contributed by atoms with Gasteiger partial charge in [-0.05, 0) is 12.1 Å². The van der Waals surface area contributed by atoms with Crippen LogP contribution in [0.1, 0.15) is 31.1 Å². The minimum absolute atomic E-state index is 0. The number of nitrogens with one attached hydrogen (secondary N) is 3. The molecule has 0 radical (unpaired) electrons. The first-order valence-electron chi connectivity index (χ1n) is 7.41. The molecule has 0 unspecified atom stereocenters. The SMILES string of the molecule is CC(C)(C)C(=O)NCC(=O)Nc1ccccc1C(=O)NCCN.Cl. The molecule has 0 spiro atoms. The normalized spacial score (nSPS) is 10.3. The quantitative estimate of drug-likeness (QED) is 0.606. The van der Waals surface area contributed by atoms with Gasteiger partial charge in [0.1, 0.15) is 0 Å². The van der Waals surface area contributed by atoms with E-state index in [0.29, 0.717) is 24.3 Å². The van der Waals surface area contributed by atoms with Crippen molar-refractivity contribution in [3.63, 3.8) is 0 Å². The van der Waals surface area contributed by atoms with Gasteiger partial charge in [0.25, 0.3) is 5.91 Å². The zero-order valence-electron chi connectivity index (χ0n) is 14.1. The standard InChI is InChI=1S/C16H24N4O3.ClH/c1-16(2,3)15(23)19-10-13(21)20-12-7-5-4-6-11(12)14(22)18-9-8-17;/h4-7H,8-10,17H2,1-3H3,(H,18,22)(H,19,23)(H,20,21);1H. The molecule has 3 amide bonds. The van der Waals surface area contributed by atoms with Gasteiger partial charge in [-0.15, -0.1) is 12.4 Å². The summed E-state index contributed by atoms with van der Waals surface area (Å²) in [5, 5.41) is 7.83. The van der Waals surface area contributed by atoms with Crippen molar-refractivity contribution < 1.29 is 14.4 Å². The second-order valence-electron chi connectivity index (χ2n) is 6.07. The Morgan fingerprint density at radius 1 is 1.08 bits per heavy atom. The smallest absolute Gasteiger partial charge is 0.253 e. The maximum atomic E-state index is 12.0. The number of carbonyl (C=O) groups is 3. The number of carbonyl (C=O) groups excluding carboxylic acids is 3. The molecule has 0 aliphatic carbocycles. The first-order valence-corrected chi connectivity index (χ1v) is 7.41. The van der Waals surface area contributed by atoms with E-state index in [1.807, 2.05) is 0 Å². The van der Waals surface area contributed by atoms with E-state index in [1.165, 1.54) is 0 Å². The molecule has 0 atom stereocenters. The number of amides is 3. The van der Waals surface area contributed by atoms with Crippen LogP contribution in [-0.2, 0) is 9.59 Å². The lowest BCUT2D eigenvalue weighted by Gasteiger charge is -2.17. The maximum absolute atomic E-state index is 12.0. The van der Waals surface area contributed by atoms with Gasteiger partial charge >= 0.3 is 0 Å². The Bertz CT molecular complexity index is 585. The average molecular weight is 357 g/mol. The molecule has 0 aliphatic rings. The topological polar surface area (TPSA) is 113 Å². The summed E-state index contributed by atoms with van der Waals surface area (Å²) in [7, 11) is 0. The first kappa shape index (κ1) is 21.9. The lowest BCUT2D eigenvalue weighted by molar-refractivity contribution is -0.130. The van der Waals surface area contributed by atoms with E-state index in [2.05, 4.69) is 16.0 Å². The van der Waals surface area contributed by atoms with Gasteiger partial charge in [-0.2, -0.15) is 0 Å². The predicted octanol–water partition coefficient (Wildman–Crippen LogP) is 0.898. The predicted molar refractivity (Wildman–Crippen MR) is 96.2 cm³/mol. The molecule has 0 aromatic heterocycles. The summed E-state index contributed by atoms with van der Waals surface area (Å²) in [4.78, 5) is 35.7. The van der Waals surface area contributed by atoms with E-state index in [-0.39, 0.29) is 30.8 Å². The highest BCUT2D eigenvalue weighted by molar-refractivity contribution is 6.04. The van der Waals surface area contributed by atoms with Crippen LogP contribution in [0.5, 0.6) is 0 Å². The van der Waals surface area contributed by atoms with E-state index in [1.54, 1.807) is 45.0 Å². The number of benzene rings is 1. The molecule has 0 saturated carbocycles. The fourth-order valence-electron chi connectivity index (χ4n) is 1.69. The van der Waals surface area contributed by atoms with Crippen LogP contribution in [-0.4, -0.2) is 37.4 Å². The Balaban J connectivity index is 0.00000529. The molecular formula is C16H25ClN4O3. The van der Waals surface area contributed by atoms with Crippen molar-refractivity contribution in [2.24, 2.45) is 11.1 Å². The molecule has 0 bridgehead atoms. The minimum atomic E-state index is -0.569. The van der Waals surface area contributed by atoms with Crippen LogP contribution in [0.2, 0.25) is 0 Å². The van der Waals surface area contributed by atoms with E-state index >= 15 is 0 Å². The largest absolute Gasteiger partial charge is 0.351 e. The van der Waals surface area contributed by atoms with Crippen LogP contribution < -0.4 is 21.7 Å². The Morgan fingerprint density at radius 3 is 2.29 bits per heavy atom. The monoisotopic (exact) mass is 356 g/mol. The number of hydrogen-bond acceptors (Lipinski definition) is 4. The lowest BCUT2D eigenvalue weighted by Crippen LogP contribution is -2.39. The summed E-state index contributed by atoms with van der Waals surface area (Å²) in [6.07, 6.45) is 0. The highest BCUT2D eigenvalue weighted by atomic mass is 35.5. The number of anilines is 1. The molecule has 8 heteroatoms. The number of para-hydroxylation sites is 1. The summed E-state index contributed by atoms with van der Waals surface area (Å²) in [5.74, 6) is -0.937.